The van der Waals surface area contributed by atoms with Gasteiger partial charge in [0, 0.05) is 48.9 Å². The van der Waals surface area contributed by atoms with Crippen LogP contribution in [0.25, 0.3) is 32.9 Å². The first kappa shape index (κ1) is 21.4. The molecule has 1 fully saturated rings. The second-order valence-corrected chi connectivity index (χ2v) is 8.93. The fraction of sp³-hybridized carbons (Fsp3) is 0.346. The van der Waals surface area contributed by atoms with E-state index in [1.165, 1.54) is 5.69 Å². The number of hydrogen-bond acceptors (Lipinski definition) is 5. The first-order valence-corrected chi connectivity index (χ1v) is 11.4. The minimum atomic E-state index is -0.953. The van der Waals surface area contributed by atoms with Crippen molar-refractivity contribution in [2.75, 3.05) is 25.1 Å². The highest BCUT2D eigenvalue weighted by atomic mass is 16.5. The van der Waals surface area contributed by atoms with Crippen LogP contribution >= 0.6 is 0 Å². The van der Waals surface area contributed by atoms with E-state index in [-0.39, 0.29) is 11.6 Å². The average molecular weight is 445 g/mol. The van der Waals surface area contributed by atoms with Crippen LogP contribution in [0.3, 0.4) is 0 Å². The van der Waals surface area contributed by atoms with Gasteiger partial charge in [-0.1, -0.05) is 12.1 Å². The van der Waals surface area contributed by atoms with Crippen molar-refractivity contribution in [2.45, 2.75) is 38.8 Å². The molecular weight excluding hydrogens is 416 g/mol. The van der Waals surface area contributed by atoms with Crippen LogP contribution in [0, 0.1) is 0 Å². The molecule has 7 heteroatoms. The molecule has 1 aliphatic heterocycles. The van der Waals surface area contributed by atoms with Crippen LogP contribution in [0.15, 0.2) is 48.8 Å². The molecule has 1 aliphatic rings. The number of pyridine rings is 1. The van der Waals surface area contributed by atoms with Crippen molar-refractivity contribution in [2.24, 2.45) is 0 Å². The molecule has 0 unspecified atom stereocenters. The number of rotatable bonds is 5. The average Bonchev–Trinajstić information content (AvgIpc) is 3.27. The third kappa shape index (κ3) is 3.82. The van der Waals surface area contributed by atoms with Gasteiger partial charge in [0.05, 0.1) is 28.9 Å². The normalized spacial score (nSPS) is 15.1. The predicted octanol–water partition coefficient (Wildman–Crippen LogP) is 5.15. The van der Waals surface area contributed by atoms with Gasteiger partial charge in [-0.05, 0) is 62.1 Å². The standard InChI is InChI=1S/C26H28N4O3/c1-16(2)30-25-14-18(12-21(26(31)32)22(25)15-28-30)17-4-5-20-23(13-17)27-9-6-24(20)29-10-7-19(33-3)8-11-29/h4-6,9,12-16,19H,7-8,10-11H2,1-3H3,(H,31,32). The summed E-state index contributed by atoms with van der Waals surface area (Å²) in [5, 5.41) is 16.0. The van der Waals surface area contributed by atoms with E-state index < -0.39 is 5.97 Å². The van der Waals surface area contributed by atoms with Crippen molar-refractivity contribution in [3.05, 3.63) is 54.4 Å². The lowest BCUT2D eigenvalue weighted by atomic mass is 9.98. The van der Waals surface area contributed by atoms with Gasteiger partial charge in [0.25, 0.3) is 0 Å². The van der Waals surface area contributed by atoms with Crippen LogP contribution in [0.1, 0.15) is 43.1 Å². The maximum atomic E-state index is 12.0. The Hall–Kier alpha value is -3.45. The molecule has 0 spiro atoms. The molecule has 3 heterocycles. The third-order valence-corrected chi connectivity index (χ3v) is 6.60. The van der Waals surface area contributed by atoms with E-state index in [0.29, 0.717) is 11.5 Å². The number of carbonyl (C=O) groups is 1. The number of aromatic carboxylic acids is 1. The van der Waals surface area contributed by atoms with Crippen molar-refractivity contribution in [1.29, 1.82) is 0 Å². The summed E-state index contributed by atoms with van der Waals surface area (Å²) in [5.41, 5.74) is 4.94. The van der Waals surface area contributed by atoms with Crippen molar-refractivity contribution in [1.82, 2.24) is 14.8 Å². The molecule has 1 saturated heterocycles. The molecule has 4 aromatic rings. The van der Waals surface area contributed by atoms with E-state index in [0.717, 1.165) is 53.5 Å². The number of carboxylic acids is 1. The Labute approximate surface area is 192 Å². The smallest absolute Gasteiger partial charge is 0.336 e. The largest absolute Gasteiger partial charge is 0.478 e. The Morgan fingerprint density at radius 1 is 1.09 bits per heavy atom. The zero-order valence-corrected chi connectivity index (χ0v) is 19.2. The summed E-state index contributed by atoms with van der Waals surface area (Å²) in [7, 11) is 1.78. The Kier molecular flexibility index (Phi) is 5.50. The van der Waals surface area contributed by atoms with Gasteiger partial charge >= 0.3 is 5.97 Å². The number of aromatic nitrogens is 3. The number of anilines is 1. The zero-order valence-electron chi connectivity index (χ0n) is 19.2. The van der Waals surface area contributed by atoms with Crippen LogP contribution < -0.4 is 4.90 Å². The lowest BCUT2D eigenvalue weighted by Crippen LogP contribution is -2.36. The van der Waals surface area contributed by atoms with Crippen LogP contribution in [0.2, 0.25) is 0 Å². The Morgan fingerprint density at radius 2 is 1.88 bits per heavy atom. The minimum Gasteiger partial charge on any atom is -0.478 e. The number of methoxy groups -OCH3 is 1. The molecule has 2 aromatic heterocycles. The Morgan fingerprint density at radius 3 is 2.58 bits per heavy atom. The van der Waals surface area contributed by atoms with Crippen molar-refractivity contribution < 1.29 is 14.6 Å². The summed E-state index contributed by atoms with van der Waals surface area (Å²) in [6.07, 6.45) is 5.85. The first-order valence-electron chi connectivity index (χ1n) is 11.4. The molecule has 0 atom stereocenters. The summed E-state index contributed by atoms with van der Waals surface area (Å²) in [6, 6.07) is 12.2. The molecule has 0 saturated carbocycles. The van der Waals surface area contributed by atoms with Gasteiger partial charge in [-0.2, -0.15) is 5.10 Å². The summed E-state index contributed by atoms with van der Waals surface area (Å²) in [5.74, 6) is -0.953. The van der Waals surface area contributed by atoms with E-state index >= 15 is 0 Å². The first-order chi connectivity index (χ1) is 16.0. The van der Waals surface area contributed by atoms with Crippen molar-refractivity contribution >= 4 is 33.5 Å². The van der Waals surface area contributed by atoms with Crippen LogP contribution in [-0.4, -0.2) is 52.1 Å². The fourth-order valence-electron chi connectivity index (χ4n) is 4.82. The highest BCUT2D eigenvalue weighted by Crippen LogP contribution is 2.34. The SMILES string of the molecule is COC1CCN(c2ccnc3cc(-c4cc(C(=O)O)c5cnn(C(C)C)c5c4)ccc23)CC1. The van der Waals surface area contributed by atoms with Crippen LogP contribution in [0.5, 0.6) is 0 Å². The molecule has 2 aromatic carbocycles. The van der Waals surface area contributed by atoms with Crippen molar-refractivity contribution in [3.8, 4) is 11.1 Å². The molecule has 170 valence electrons. The second kappa shape index (κ2) is 8.48. The molecular formula is C26H28N4O3. The van der Waals surface area contributed by atoms with Crippen LogP contribution in [-0.2, 0) is 4.74 Å². The molecule has 5 rings (SSSR count). The van der Waals surface area contributed by atoms with Gasteiger partial charge in [0.1, 0.15) is 0 Å². The number of hydrogen-bond donors (Lipinski definition) is 1. The molecule has 0 aliphatic carbocycles. The minimum absolute atomic E-state index is 0.127. The predicted molar refractivity (Wildman–Crippen MR) is 130 cm³/mol. The van der Waals surface area contributed by atoms with Gasteiger partial charge < -0.3 is 14.7 Å². The lowest BCUT2D eigenvalue weighted by molar-refractivity contribution is 0.0699. The van der Waals surface area contributed by atoms with E-state index in [9.17, 15) is 9.90 Å². The highest BCUT2D eigenvalue weighted by molar-refractivity contribution is 6.05. The van der Waals surface area contributed by atoms with Crippen LogP contribution in [0.4, 0.5) is 5.69 Å². The number of benzene rings is 2. The second-order valence-electron chi connectivity index (χ2n) is 8.93. The lowest BCUT2D eigenvalue weighted by Gasteiger charge is -2.33. The summed E-state index contributed by atoms with van der Waals surface area (Å²) >= 11 is 0. The van der Waals surface area contributed by atoms with Gasteiger partial charge in [-0.25, -0.2) is 4.79 Å². The van der Waals surface area contributed by atoms with Gasteiger partial charge in [-0.15, -0.1) is 0 Å². The number of carboxylic acid groups (broad SMARTS) is 1. The summed E-state index contributed by atoms with van der Waals surface area (Å²) in [6.45, 7) is 5.99. The fourth-order valence-corrected chi connectivity index (χ4v) is 4.82. The summed E-state index contributed by atoms with van der Waals surface area (Å²) < 4.78 is 7.38. The van der Waals surface area contributed by atoms with E-state index in [4.69, 9.17) is 4.74 Å². The van der Waals surface area contributed by atoms with E-state index in [2.05, 4.69) is 33.2 Å². The van der Waals surface area contributed by atoms with Gasteiger partial charge in [-0.3, -0.25) is 9.67 Å². The molecule has 33 heavy (non-hydrogen) atoms. The van der Waals surface area contributed by atoms with Crippen molar-refractivity contribution in [3.63, 3.8) is 0 Å². The Balaban J connectivity index is 1.58. The highest BCUT2D eigenvalue weighted by Gasteiger charge is 2.21. The molecule has 0 amide bonds. The monoisotopic (exact) mass is 444 g/mol. The number of ether oxygens (including phenoxy) is 1. The maximum absolute atomic E-state index is 12.0. The number of nitrogens with zero attached hydrogens (tertiary/aromatic N) is 4. The zero-order chi connectivity index (χ0) is 23.1. The third-order valence-electron chi connectivity index (χ3n) is 6.60. The molecule has 0 bridgehead atoms. The number of piperidine rings is 1. The number of fused-ring (bicyclic) bond motifs is 2. The Bertz CT molecular complexity index is 1340. The van der Waals surface area contributed by atoms with Gasteiger partial charge in [0.2, 0.25) is 0 Å². The topological polar surface area (TPSA) is 80.5 Å². The quantitative estimate of drug-likeness (QED) is 0.459. The molecule has 0 radical (unpaired) electrons. The van der Waals surface area contributed by atoms with E-state index in [1.54, 1.807) is 19.4 Å². The summed E-state index contributed by atoms with van der Waals surface area (Å²) in [4.78, 5) is 19.0. The molecule has 1 N–H and O–H groups in total. The van der Waals surface area contributed by atoms with E-state index in [1.807, 2.05) is 36.9 Å². The maximum Gasteiger partial charge on any atom is 0.336 e. The van der Waals surface area contributed by atoms with Gasteiger partial charge in [0.15, 0.2) is 0 Å². The molecule has 7 nitrogen and oxygen atoms in total.